The highest BCUT2D eigenvalue weighted by Crippen LogP contribution is 2.11. The van der Waals surface area contributed by atoms with Gasteiger partial charge in [0.25, 0.3) is 5.91 Å². The molecule has 0 spiro atoms. The van der Waals surface area contributed by atoms with Gasteiger partial charge in [0, 0.05) is 4.88 Å². The van der Waals surface area contributed by atoms with Crippen LogP contribution in [-0.2, 0) is 6.54 Å². The fourth-order valence-corrected chi connectivity index (χ4v) is 2.14. The fraction of sp³-hybridized carbons (Fsp3) is 0.167. The predicted molar refractivity (Wildman–Crippen MR) is 69.2 cm³/mol. The van der Waals surface area contributed by atoms with Gasteiger partial charge in [-0.15, -0.1) is 11.3 Å². The highest BCUT2D eigenvalue weighted by atomic mass is 32.1. The Morgan fingerprint density at radius 1 is 1.37 bits per heavy atom. The van der Waals surface area contributed by atoms with Gasteiger partial charge in [-0.05, 0) is 19.1 Å². The number of carbonyl (C=O) groups excluding carboxylic acids is 1. The average Bonchev–Trinajstić information content (AvgIpc) is 2.81. The van der Waals surface area contributed by atoms with Crippen LogP contribution in [0.4, 0.5) is 0 Å². The van der Waals surface area contributed by atoms with Crippen LogP contribution in [-0.4, -0.2) is 27.0 Å². The number of carbonyl (C=O) groups is 2. The molecule has 98 valence electrons. The number of hydrogen-bond acceptors (Lipinski definition) is 5. The van der Waals surface area contributed by atoms with E-state index in [-0.39, 0.29) is 11.4 Å². The van der Waals surface area contributed by atoms with E-state index in [1.54, 1.807) is 5.51 Å². The summed E-state index contributed by atoms with van der Waals surface area (Å²) in [6.45, 7) is 2.22. The van der Waals surface area contributed by atoms with Crippen molar-refractivity contribution < 1.29 is 14.7 Å². The highest BCUT2D eigenvalue weighted by Gasteiger charge is 2.11. The Morgan fingerprint density at radius 2 is 2.11 bits per heavy atom. The SMILES string of the molecule is Cc1ncsc1CNC(=O)c1cccc(C(=O)O)n1. The topological polar surface area (TPSA) is 92.2 Å². The van der Waals surface area contributed by atoms with Crippen LogP contribution in [0.25, 0.3) is 0 Å². The second-order valence-electron chi connectivity index (χ2n) is 3.76. The maximum atomic E-state index is 11.8. The first kappa shape index (κ1) is 13.2. The molecule has 2 heterocycles. The Hall–Kier alpha value is -2.28. The average molecular weight is 277 g/mol. The second-order valence-corrected chi connectivity index (χ2v) is 4.70. The van der Waals surface area contributed by atoms with Crippen LogP contribution in [0, 0.1) is 6.92 Å². The van der Waals surface area contributed by atoms with Crippen molar-refractivity contribution in [2.45, 2.75) is 13.5 Å². The minimum Gasteiger partial charge on any atom is -0.477 e. The van der Waals surface area contributed by atoms with E-state index < -0.39 is 11.9 Å². The zero-order valence-corrected chi connectivity index (χ0v) is 10.9. The number of rotatable bonds is 4. The lowest BCUT2D eigenvalue weighted by atomic mass is 10.3. The predicted octanol–water partition coefficient (Wildman–Crippen LogP) is 1.47. The van der Waals surface area contributed by atoms with Crippen molar-refractivity contribution in [3.63, 3.8) is 0 Å². The van der Waals surface area contributed by atoms with Gasteiger partial charge in [0.1, 0.15) is 11.4 Å². The molecule has 2 aromatic heterocycles. The van der Waals surface area contributed by atoms with Crippen LogP contribution in [0.1, 0.15) is 31.5 Å². The monoisotopic (exact) mass is 277 g/mol. The molecule has 2 aromatic rings. The van der Waals surface area contributed by atoms with Crippen molar-refractivity contribution in [3.8, 4) is 0 Å². The Balaban J connectivity index is 2.06. The number of amides is 1. The number of hydrogen-bond donors (Lipinski definition) is 2. The summed E-state index contributed by atoms with van der Waals surface area (Å²) in [5, 5.41) is 11.5. The lowest BCUT2D eigenvalue weighted by Gasteiger charge is -2.04. The van der Waals surface area contributed by atoms with E-state index in [0.29, 0.717) is 6.54 Å². The van der Waals surface area contributed by atoms with Gasteiger partial charge in [0.2, 0.25) is 0 Å². The van der Waals surface area contributed by atoms with Crippen LogP contribution in [0.3, 0.4) is 0 Å². The lowest BCUT2D eigenvalue weighted by Crippen LogP contribution is -2.24. The van der Waals surface area contributed by atoms with Gasteiger partial charge in [0.05, 0.1) is 17.7 Å². The van der Waals surface area contributed by atoms with Crippen molar-refractivity contribution in [2.75, 3.05) is 0 Å². The van der Waals surface area contributed by atoms with E-state index in [1.165, 1.54) is 29.5 Å². The first-order valence-electron chi connectivity index (χ1n) is 5.45. The molecule has 0 aliphatic rings. The Morgan fingerprint density at radius 3 is 2.74 bits per heavy atom. The van der Waals surface area contributed by atoms with Crippen molar-refractivity contribution in [1.29, 1.82) is 0 Å². The first-order chi connectivity index (χ1) is 9.08. The number of carboxylic acids is 1. The van der Waals surface area contributed by atoms with Crippen molar-refractivity contribution >= 4 is 23.2 Å². The summed E-state index contributed by atoms with van der Waals surface area (Å²) in [4.78, 5) is 31.4. The van der Waals surface area contributed by atoms with E-state index >= 15 is 0 Å². The van der Waals surface area contributed by atoms with Crippen LogP contribution >= 0.6 is 11.3 Å². The number of aromatic carboxylic acids is 1. The number of aryl methyl sites for hydroxylation is 1. The molecular formula is C12H11N3O3S. The first-order valence-corrected chi connectivity index (χ1v) is 6.33. The van der Waals surface area contributed by atoms with Crippen LogP contribution < -0.4 is 5.32 Å². The van der Waals surface area contributed by atoms with E-state index in [4.69, 9.17) is 5.11 Å². The van der Waals surface area contributed by atoms with Crippen molar-refractivity contribution in [2.24, 2.45) is 0 Å². The van der Waals surface area contributed by atoms with E-state index in [2.05, 4.69) is 15.3 Å². The van der Waals surface area contributed by atoms with E-state index in [0.717, 1.165) is 10.6 Å². The van der Waals surface area contributed by atoms with Gasteiger partial charge in [-0.3, -0.25) is 4.79 Å². The molecule has 1 amide bonds. The Bertz CT molecular complexity index is 624. The van der Waals surface area contributed by atoms with E-state index in [9.17, 15) is 9.59 Å². The summed E-state index contributed by atoms with van der Waals surface area (Å²) in [7, 11) is 0. The Labute approximate surface area is 113 Å². The summed E-state index contributed by atoms with van der Waals surface area (Å²) in [5.41, 5.74) is 2.52. The molecule has 0 fully saturated rings. The number of nitrogens with zero attached hydrogens (tertiary/aromatic N) is 2. The maximum Gasteiger partial charge on any atom is 0.354 e. The molecule has 0 aliphatic heterocycles. The van der Waals surface area contributed by atoms with Crippen molar-refractivity contribution in [1.82, 2.24) is 15.3 Å². The third-order valence-corrected chi connectivity index (χ3v) is 3.39. The molecule has 0 atom stereocenters. The maximum absolute atomic E-state index is 11.8. The largest absolute Gasteiger partial charge is 0.477 e. The van der Waals surface area contributed by atoms with Crippen molar-refractivity contribution in [3.05, 3.63) is 45.7 Å². The second kappa shape index (κ2) is 5.57. The van der Waals surface area contributed by atoms with Gasteiger partial charge in [-0.25, -0.2) is 14.8 Å². The molecule has 0 saturated carbocycles. The fourth-order valence-electron chi connectivity index (χ4n) is 1.43. The third kappa shape index (κ3) is 3.14. The molecule has 7 heteroatoms. The summed E-state index contributed by atoms with van der Waals surface area (Å²) in [6, 6.07) is 4.30. The van der Waals surface area contributed by atoms with Crippen LogP contribution in [0.2, 0.25) is 0 Å². The molecule has 2 rings (SSSR count). The molecule has 0 bridgehead atoms. The van der Waals surface area contributed by atoms with Gasteiger partial charge >= 0.3 is 5.97 Å². The summed E-state index contributed by atoms with van der Waals surface area (Å²) in [5.74, 6) is -1.57. The third-order valence-electron chi connectivity index (χ3n) is 2.46. The molecule has 0 saturated heterocycles. The zero-order chi connectivity index (χ0) is 13.8. The summed E-state index contributed by atoms with van der Waals surface area (Å²) >= 11 is 1.45. The minimum atomic E-state index is -1.16. The molecule has 0 aromatic carbocycles. The molecule has 6 nitrogen and oxygen atoms in total. The molecule has 0 radical (unpaired) electrons. The number of thiazole rings is 1. The number of pyridine rings is 1. The van der Waals surface area contributed by atoms with E-state index in [1.807, 2.05) is 6.92 Å². The van der Waals surface area contributed by atoms with Crippen LogP contribution in [0.5, 0.6) is 0 Å². The lowest BCUT2D eigenvalue weighted by molar-refractivity contribution is 0.0690. The van der Waals surface area contributed by atoms with Crippen LogP contribution in [0.15, 0.2) is 23.7 Å². The van der Waals surface area contributed by atoms with Gasteiger partial charge < -0.3 is 10.4 Å². The van der Waals surface area contributed by atoms with Gasteiger partial charge in [0.15, 0.2) is 0 Å². The summed E-state index contributed by atoms with van der Waals surface area (Å²) in [6.07, 6.45) is 0. The molecule has 0 unspecified atom stereocenters. The molecule has 0 aliphatic carbocycles. The molecular weight excluding hydrogens is 266 g/mol. The number of nitrogens with one attached hydrogen (secondary N) is 1. The highest BCUT2D eigenvalue weighted by molar-refractivity contribution is 7.09. The van der Waals surface area contributed by atoms with Gasteiger partial charge in [-0.2, -0.15) is 0 Å². The zero-order valence-electron chi connectivity index (χ0n) is 10.1. The minimum absolute atomic E-state index is 0.0852. The quantitative estimate of drug-likeness (QED) is 0.883. The smallest absolute Gasteiger partial charge is 0.354 e. The summed E-state index contributed by atoms with van der Waals surface area (Å²) < 4.78 is 0. The Kier molecular flexibility index (Phi) is 3.86. The number of carboxylic acid groups (broad SMARTS) is 1. The number of aromatic nitrogens is 2. The molecule has 19 heavy (non-hydrogen) atoms. The normalized spacial score (nSPS) is 10.2. The standard InChI is InChI=1S/C12H11N3O3S/c1-7-10(19-6-14-7)5-13-11(16)8-3-2-4-9(15-8)12(17)18/h2-4,6H,5H2,1H3,(H,13,16)(H,17,18). The van der Waals surface area contributed by atoms with Gasteiger partial charge in [-0.1, -0.05) is 6.07 Å². The molecule has 2 N–H and O–H groups in total.